The van der Waals surface area contributed by atoms with E-state index in [-0.39, 0.29) is 18.2 Å². The third-order valence-electron chi connectivity index (χ3n) is 2.81. The van der Waals surface area contributed by atoms with Crippen LogP contribution in [0.4, 0.5) is 0 Å². The van der Waals surface area contributed by atoms with Gasteiger partial charge in [-0.25, -0.2) is 0 Å². The normalized spacial score (nSPS) is 10.4. The fourth-order valence-corrected chi connectivity index (χ4v) is 2.01. The van der Waals surface area contributed by atoms with Crippen LogP contribution in [0, 0.1) is 6.92 Å². The van der Waals surface area contributed by atoms with Crippen LogP contribution in [-0.4, -0.2) is 30.3 Å². The molecule has 21 heavy (non-hydrogen) atoms. The Kier molecular flexibility index (Phi) is 4.85. The summed E-state index contributed by atoms with van der Waals surface area (Å²) in [5.41, 5.74) is 0. The number of nitrogens with one attached hydrogen (secondary N) is 1. The van der Waals surface area contributed by atoms with Gasteiger partial charge in [-0.2, -0.15) is 0 Å². The fourth-order valence-electron chi connectivity index (χ4n) is 1.71. The minimum Gasteiger partial charge on any atom is -0.464 e. The largest absolute Gasteiger partial charge is 0.464 e. The molecule has 2 heterocycles. The fraction of sp³-hybridized carbons (Fsp3) is 0.286. The highest BCUT2D eigenvalue weighted by atomic mass is 79.9. The van der Waals surface area contributed by atoms with Crippen molar-refractivity contribution in [2.45, 2.75) is 13.5 Å². The SMILES string of the molecule is Cc1ccc(CN(C)C(=O)CNC(=O)c2ccc(Br)o2)o1. The number of hydrogen-bond acceptors (Lipinski definition) is 4. The Morgan fingerprint density at radius 2 is 2.00 bits per heavy atom. The van der Waals surface area contributed by atoms with E-state index in [1.807, 2.05) is 19.1 Å². The van der Waals surface area contributed by atoms with Crippen LogP contribution in [0.3, 0.4) is 0 Å². The molecule has 2 aromatic rings. The zero-order valence-electron chi connectivity index (χ0n) is 11.7. The number of furan rings is 2. The number of halogens is 1. The van der Waals surface area contributed by atoms with E-state index in [0.29, 0.717) is 17.0 Å². The van der Waals surface area contributed by atoms with Gasteiger partial charge in [-0.15, -0.1) is 0 Å². The smallest absolute Gasteiger partial charge is 0.287 e. The van der Waals surface area contributed by atoms with Gasteiger partial charge in [-0.1, -0.05) is 0 Å². The average molecular weight is 355 g/mol. The molecule has 0 radical (unpaired) electrons. The second-order valence-corrected chi connectivity index (χ2v) is 5.33. The van der Waals surface area contributed by atoms with E-state index in [9.17, 15) is 9.59 Å². The summed E-state index contributed by atoms with van der Waals surface area (Å²) in [5, 5.41) is 2.51. The van der Waals surface area contributed by atoms with E-state index in [2.05, 4.69) is 21.2 Å². The van der Waals surface area contributed by atoms with Crippen LogP contribution in [0.5, 0.6) is 0 Å². The zero-order valence-corrected chi connectivity index (χ0v) is 13.3. The summed E-state index contributed by atoms with van der Waals surface area (Å²) in [4.78, 5) is 25.1. The number of carbonyl (C=O) groups is 2. The first-order chi connectivity index (χ1) is 9.95. The van der Waals surface area contributed by atoms with Crippen molar-refractivity contribution >= 4 is 27.7 Å². The van der Waals surface area contributed by atoms with E-state index >= 15 is 0 Å². The quantitative estimate of drug-likeness (QED) is 0.893. The van der Waals surface area contributed by atoms with Gasteiger partial charge in [0.1, 0.15) is 11.5 Å². The van der Waals surface area contributed by atoms with E-state index in [4.69, 9.17) is 8.83 Å². The van der Waals surface area contributed by atoms with E-state index in [0.717, 1.165) is 5.76 Å². The van der Waals surface area contributed by atoms with Crippen LogP contribution in [0.2, 0.25) is 0 Å². The number of likely N-dealkylation sites (N-methyl/N-ethyl adjacent to an activating group) is 1. The van der Waals surface area contributed by atoms with Gasteiger partial charge in [0.15, 0.2) is 10.4 Å². The maximum Gasteiger partial charge on any atom is 0.287 e. The van der Waals surface area contributed by atoms with Crippen LogP contribution in [0.25, 0.3) is 0 Å². The predicted octanol–water partition coefficient (Wildman–Crippen LogP) is 2.33. The summed E-state index contributed by atoms with van der Waals surface area (Å²) in [7, 11) is 1.65. The molecule has 0 aromatic carbocycles. The molecule has 2 amide bonds. The molecule has 0 unspecified atom stereocenters. The molecule has 2 aromatic heterocycles. The van der Waals surface area contributed by atoms with Crippen LogP contribution in [0.15, 0.2) is 37.8 Å². The molecule has 7 heteroatoms. The van der Waals surface area contributed by atoms with Crippen LogP contribution in [0.1, 0.15) is 22.1 Å². The van der Waals surface area contributed by atoms with Gasteiger partial charge < -0.3 is 19.1 Å². The van der Waals surface area contributed by atoms with Crippen molar-refractivity contribution in [3.63, 3.8) is 0 Å². The first kappa shape index (κ1) is 15.4. The molecule has 0 atom stereocenters. The molecular formula is C14H15BrN2O4. The number of nitrogens with zero attached hydrogens (tertiary/aromatic N) is 1. The summed E-state index contributed by atoms with van der Waals surface area (Å²) in [6, 6.07) is 6.80. The monoisotopic (exact) mass is 354 g/mol. The van der Waals surface area contributed by atoms with Crippen LogP contribution < -0.4 is 5.32 Å². The van der Waals surface area contributed by atoms with Gasteiger partial charge in [-0.3, -0.25) is 9.59 Å². The topological polar surface area (TPSA) is 75.7 Å². The first-order valence-corrected chi connectivity index (χ1v) is 7.08. The zero-order chi connectivity index (χ0) is 15.4. The van der Waals surface area contributed by atoms with E-state index in [1.165, 1.54) is 11.0 Å². The molecule has 0 spiro atoms. The second kappa shape index (κ2) is 6.62. The summed E-state index contributed by atoms with van der Waals surface area (Å²) in [5.74, 6) is 0.991. The molecule has 1 N–H and O–H groups in total. The highest BCUT2D eigenvalue weighted by Gasteiger charge is 2.15. The Morgan fingerprint density at radius 1 is 1.24 bits per heavy atom. The van der Waals surface area contributed by atoms with Crippen molar-refractivity contribution in [2.24, 2.45) is 0 Å². The van der Waals surface area contributed by atoms with Crippen molar-refractivity contribution in [3.05, 3.63) is 46.2 Å². The summed E-state index contributed by atoms with van der Waals surface area (Å²) in [6.45, 7) is 2.09. The lowest BCUT2D eigenvalue weighted by atomic mass is 10.4. The van der Waals surface area contributed by atoms with Gasteiger partial charge in [0.25, 0.3) is 5.91 Å². The number of amides is 2. The minimum absolute atomic E-state index is 0.104. The van der Waals surface area contributed by atoms with Gasteiger partial charge in [0, 0.05) is 7.05 Å². The molecule has 0 fully saturated rings. The molecule has 2 rings (SSSR count). The molecular weight excluding hydrogens is 340 g/mol. The lowest BCUT2D eigenvalue weighted by Crippen LogP contribution is -2.37. The number of aryl methyl sites for hydroxylation is 1. The van der Waals surface area contributed by atoms with Crippen LogP contribution >= 0.6 is 15.9 Å². The lowest BCUT2D eigenvalue weighted by Gasteiger charge is -2.15. The first-order valence-electron chi connectivity index (χ1n) is 6.28. The van der Waals surface area contributed by atoms with Crippen molar-refractivity contribution in [1.82, 2.24) is 10.2 Å². The van der Waals surface area contributed by atoms with E-state index < -0.39 is 5.91 Å². The molecule has 0 aliphatic carbocycles. The Hall–Kier alpha value is -2.02. The molecule has 0 aliphatic rings. The maximum absolute atomic E-state index is 11.9. The van der Waals surface area contributed by atoms with E-state index in [1.54, 1.807) is 13.1 Å². The van der Waals surface area contributed by atoms with Gasteiger partial charge in [0.05, 0.1) is 13.1 Å². The van der Waals surface area contributed by atoms with Crippen LogP contribution in [-0.2, 0) is 11.3 Å². The third-order valence-corrected chi connectivity index (χ3v) is 3.24. The predicted molar refractivity (Wildman–Crippen MR) is 78.7 cm³/mol. The standard InChI is InChI=1S/C14H15BrN2O4/c1-9-3-4-10(20-9)8-17(2)13(18)7-16-14(19)11-5-6-12(15)21-11/h3-6H,7-8H2,1-2H3,(H,16,19). The van der Waals surface area contributed by atoms with Gasteiger partial charge >= 0.3 is 0 Å². The summed E-state index contributed by atoms with van der Waals surface area (Å²) < 4.78 is 11.0. The summed E-state index contributed by atoms with van der Waals surface area (Å²) in [6.07, 6.45) is 0. The highest BCUT2D eigenvalue weighted by Crippen LogP contribution is 2.13. The molecule has 0 aliphatic heterocycles. The molecule has 6 nitrogen and oxygen atoms in total. The minimum atomic E-state index is -0.434. The number of carbonyl (C=O) groups excluding carboxylic acids is 2. The molecule has 112 valence electrons. The summed E-state index contributed by atoms with van der Waals surface area (Å²) >= 11 is 3.11. The third kappa shape index (κ3) is 4.22. The Morgan fingerprint density at radius 3 is 2.57 bits per heavy atom. The van der Waals surface area contributed by atoms with Crippen molar-refractivity contribution in [1.29, 1.82) is 0 Å². The Bertz CT molecular complexity index is 647. The van der Waals surface area contributed by atoms with Crippen molar-refractivity contribution in [2.75, 3.05) is 13.6 Å². The highest BCUT2D eigenvalue weighted by molar-refractivity contribution is 9.10. The molecule has 0 saturated heterocycles. The van der Waals surface area contributed by atoms with Gasteiger partial charge in [0.2, 0.25) is 5.91 Å². The average Bonchev–Trinajstić information content (AvgIpc) is 3.04. The van der Waals surface area contributed by atoms with Crippen molar-refractivity contribution < 1.29 is 18.4 Å². The van der Waals surface area contributed by atoms with Crippen molar-refractivity contribution in [3.8, 4) is 0 Å². The number of rotatable bonds is 5. The van der Waals surface area contributed by atoms with Gasteiger partial charge in [-0.05, 0) is 47.1 Å². The molecule has 0 saturated carbocycles. The Balaban J connectivity index is 1.82. The lowest BCUT2D eigenvalue weighted by molar-refractivity contribution is -0.129. The Labute approximate surface area is 130 Å². The molecule has 0 bridgehead atoms. The second-order valence-electron chi connectivity index (χ2n) is 4.55. The maximum atomic E-state index is 11.9. The number of hydrogen-bond donors (Lipinski definition) is 1.